The molecule has 0 atom stereocenters. The van der Waals surface area contributed by atoms with Crippen molar-refractivity contribution in [3.05, 3.63) is 88.5 Å². The van der Waals surface area contributed by atoms with E-state index in [-0.39, 0.29) is 16.3 Å². The van der Waals surface area contributed by atoms with Crippen LogP contribution in [0.2, 0.25) is 0 Å². The van der Waals surface area contributed by atoms with Gasteiger partial charge in [0.25, 0.3) is 15.7 Å². The number of hydrogen-bond donors (Lipinski definition) is 1. The fourth-order valence-corrected chi connectivity index (χ4v) is 4.76. The molecule has 0 aliphatic rings. The number of sulfonamides is 1. The number of aryl methyl sites for hydroxylation is 1. The van der Waals surface area contributed by atoms with Gasteiger partial charge in [0.1, 0.15) is 6.54 Å². The highest BCUT2D eigenvalue weighted by Crippen LogP contribution is 2.26. The zero-order valence-electron chi connectivity index (χ0n) is 17.4. The van der Waals surface area contributed by atoms with Crippen molar-refractivity contribution in [2.24, 2.45) is 0 Å². The number of nitrogens with one attached hydrogen (secondary N) is 1. The summed E-state index contributed by atoms with van der Waals surface area (Å²) < 4.78 is 27.8. The van der Waals surface area contributed by atoms with Crippen LogP contribution in [0.1, 0.15) is 5.56 Å². The normalized spacial score (nSPS) is 11.1. The third-order valence-corrected chi connectivity index (χ3v) is 7.13. The van der Waals surface area contributed by atoms with Gasteiger partial charge < -0.3 is 5.32 Å². The Morgan fingerprint density at radius 1 is 1.06 bits per heavy atom. The number of thioether (sulfide) groups is 1. The smallest absolute Gasteiger partial charge is 0.271 e. The Kier molecular flexibility index (Phi) is 7.16. The first-order valence-electron chi connectivity index (χ1n) is 9.48. The molecule has 0 aliphatic heterocycles. The van der Waals surface area contributed by atoms with E-state index in [4.69, 9.17) is 0 Å². The van der Waals surface area contributed by atoms with E-state index in [2.05, 4.69) is 5.32 Å². The molecule has 3 aromatic rings. The zero-order valence-corrected chi connectivity index (χ0v) is 19.0. The SMILES string of the molecule is CSc1ccc(S(=O)(=O)N(CC(=O)Nc2cccc([N+](=O)[O-])c2)c2ccc(C)cc2)cc1. The molecule has 0 spiro atoms. The lowest BCUT2D eigenvalue weighted by atomic mass is 10.2. The summed E-state index contributed by atoms with van der Waals surface area (Å²) in [4.78, 5) is 24.1. The van der Waals surface area contributed by atoms with Crippen LogP contribution in [0.3, 0.4) is 0 Å². The quantitative estimate of drug-likeness (QED) is 0.295. The average molecular weight is 472 g/mol. The molecule has 0 unspecified atom stereocenters. The van der Waals surface area contributed by atoms with Gasteiger partial charge in [-0.2, -0.15) is 0 Å². The Bertz CT molecular complexity index is 1230. The molecule has 3 aromatic carbocycles. The Morgan fingerprint density at radius 3 is 2.31 bits per heavy atom. The van der Waals surface area contributed by atoms with Gasteiger partial charge in [-0.05, 0) is 55.6 Å². The summed E-state index contributed by atoms with van der Waals surface area (Å²) in [7, 11) is -4.05. The number of nitro groups is 1. The molecule has 10 heteroatoms. The maximum atomic E-state index is 13.4. The van der Waals surface area contributed by atoms with Crippen molar-refractivity contribution >= 4 is 44.8 Å². The molecule has 0 radical (unpaired) electrons. The van der Waals surface area contributed by atoms with Crippen LogP contribution in [0.25, 0.3) is 0 Å². The summed E-state index contributed by atoms with van der Waals surface area (Å²) in [6.07, 6.45) is 1.89. The Hall–Kier alpha value is -3.37. The van der Waals surface area contributed by atoms with Crippen molar-refractivity contribution in [1.82, 2.24) is 0 Å². The van der Waals surface area contributed by atoms with Crippen LogP contribution in [-0.4, -0.2) is 32.0 Å². The number of carbonyl (C=O) groups excluding carboxylic acids is 1. The van der Waals surface area contributed by atoms with Gasteiger partial charge >= 0.3 is 0 Å². The standard InChI is InChI=1S/C22H21N3O5S2/c1-16-6-8-18(9-7-16)24(32(29,30)21-12-10-20(31-2)11-13-21)15-22(26)23-17-4-3-5-19(14-17)25(27)28/h3-14H,15H2,1-2H3,(H,23,26). The second-order valence-electron chi connectivity index (χ2n) is 6.88. The minimum atomic E-state index is -4.05. The van der Waals surface area contributed by atoms with E-state index in [9.17, 15) is 23.3 Å². The van der Waals surface area contributed by atoms with E-state index >= 15 is 0 Å². The average Bonchev–Trinajstić information content (AvgIpc) is 2.78. The molecule has 0 aliphatic carbocycles. The van der Waals surface area contributed by atoms with Gasteiger partial charge in [0.2, 0.25) is 5.91 Å². The summed E-state index contributed by atoms with van der Waals surface area (Å²) in [6.45, 7) is 1.37. The third-order valence-electron chi connectivity index (χ3n) is 4.60. The van der Waals surface area contributed by atoms with Crippen molar-refractivity contribution in [1.29, 1.82) is 0 Å². The highest BCUT2D eigenvalue weighted by molar-refractivity contribution is 7.98. The Morgan fingerprint density at radius 2 is 1.72 bits per heavy atom. The van der Waals surface area contributed by atoms with Gasteiger partial charge in [-0.3, -0.25) is 19.2 Å². The lowest BCUT2D eigenvalue weighted by Gasteiger charge is -2.24. The van der Waals surface area contributed by atoms with Gasteiger partial charge in [0, 0.05) is 22.7 Å². The summed E-state index contributed by atoms with van der Waals surface area (Å²) in [5.74, 6) is -0.629. The van der Waals surface area contributed by atoms with Crippen LogP contribution in [0.5, 0.6) is 0 Å². The number of rotatable bonds is 8. The zero-order chi connectivity index (χ0) is 23.3. The van der Waals surface area contributed by atoms with E-state index in [1.54, 1.807) is 36.4 Å². The minimum Gasteiger partial charge on any atom is -0.324 e. The number of carbonyl (C=O) groups is 1. The molecule has 3 rings (SSSR count). The number of anilines is 2. The summed E-state index contributed by atoms with van der Waals surface area (Å²) in [5.41, 5.74) is 1.30. The second kappa shape index (κ2) is 9.84. The number of nitro benzene ring substituents is 1. The number of nitrogens with zero attached hydrogens (tertiary/aromatic N) is 2. The molecular weight excluding hydrogens is 450 g/mol. The molecular formula is C22H21N3O5S2. The van der Waals surface area contributed by atoms with E-state index in [1.165, 1.54) is 48.2 Å². The first-order valence-corrected chi connectivity index (χ1v) is 12.1. The molecule has 166 valence electrons. The Labute approximate surface area is 190 Å². The van der Waals surface area contributed by atoms with Crippen LogP contribution in [0.15, 0.2) is 82.6 Å². The second-order valence-corrected chi connectivity index (χ2v) is 9.62. The molecule has 8 nitrogen and oxygen atoms in total. The molecule has 32 heavy (non-hydrogen) atoms. The third kappa shape index (κ3) is 5.45. The first-order chi connectivity index (χ1) is 15.2. The van der Waals surface area contributed by atoms with Crippen molar-refractivity contribution in [2.75, 3.05) is 22.4 Å². The van der Waals surface area contributed by atoms with Crippen LogP contribution in [-0.2, 0) is 14.8 Å². The summed E-state index contributed by atoms with van der Waals surface area (Å²) in [5, 5.41) is 13.5. The fraction of sp³-hybridized carbons (Fsp3) is 0.136. The van der Waals surface area contributed by atoms with Crippen LogP contribution < -0.4 is 9.62 Å². The maximum absolute atomic E-state index is 13.4. The monoisotopic (exact) mass is 471 g/mol. The fourth-order valence-electron chi connectivity index (χ4n) is 2.93. The van der Waals surface area contributed by atoms with E-state index < -0.39 is 27.4 Å². The Balaban J connectivity index is 1.92. The minimum absolute atomic E-state index is 0.0547. The van der Waals surface area contributed by atoms with Gasteiger partial charge in [-0.25, -0.2) is 8.42 Å². The van der Waals surface area contributed by atoms with Crippen molar-refractivity contribution in [2.45, 2.75) is 16.7 Å². The van der Waals surface area contributed by atoms with Gasteiger partial charge in [0.15, 0.2) is 0 Å². The molecule has 0 fully saturated rings. The molecule has 0 saturated heterocycles. The maximum Gasteiger partial charge on any atom is 0.271 e. The molecule has 0 saturated carbocycles. The number of benzene rings is 3. The predicted molar refractivity (Wildman–Crippen MR) is 126 cm³/mol. The summed E-state index contributed by atoms with van der Waals surface area (Å²) in [6, 6.07) is 18.6. The van der Waals surface area contributed by atoms with Crippen LogP contribution in [0.4, 0.5) is 17.1 Å². The van der Waals surface area contributed by atoms with Crippen molar-refractivity contribution in [3.63, 3.8) is 0 Å². The molecule has 0 heterocycles. The van der Waals surface area contributed by atoms with Gasteiger partial charge in [-0.15, -0.1) is 11.8 Å². The first kappa shape index (κ1) is 23.3. The molecule has 0 bridgehead atoms. The highest BCUT2D eigenvalue weighted by Gasteiger charge is 2.27. The van der Waals surface area contributed by atoms with E-state index in [0.717, 1.165) is 14.8 Å². The lowest BCUT2D eigenvalue weighted by molar-refractivity contribution is -0.384. The number of hydrogen-bond acceptors (Lipinski definition) is 6. The number of amides is 1. The lowest BCUT2D eigenvalue weighted by Crippen LogP contribution is -2.38. The van der Waals surface area contributed by atoms with Gasteiger partial charge in [-0.1, -0.05) is 23.8 Å². The predicted octanol–water partition coefficient (Wildman–Crippen LogP) is 4.46. The van der Waals surface area contributed by atoms with Crippen molar-refractivity contribution in [3.8, 4) is 0 Å². The van der Waals surface area contributed by atoms with Crippen LogP contribution >= 0.6 is 11.8 Å². The highest BCUT2D eigenvalue weighted by atomic mass is 32.2. The largest absolute Gasteiger partial charge is 0.324 e. The summed E-state index contributed by atoms with van der Waals surface area (Å²) >= 11 is 1.49. The van der Waals surface area contributed by atoms with E-state index in [0.29, 0.717) is 5.69 Å². The van der Waals surface area contributed by atoms with Crippen LogP contribution in [0, 0.1) is 17.0 Å². The van der Waals surface area contributed by atoms with E-state index in [1.807, 2.05) is 13.2 Å². The topological polar surface area (TPSA) is 110 Å². The number of non-ortho nitro benzene ring substituents is 1. The molecule has 1 amide bonds. The molecule has 1 N–H and O–H groups in total. The molecule has 0 aromatic heterocycles. The van der Waals surface area contributed by atoms with Gasteiger partial charge in [0.05, 0.1) is 15.5 Å². The van der Waals surface area contributed by atoms with Crippen molar-refractivity contribution < 1.29 is 18.1 Å².